The van der Waals surface area contributed by atoms with Gasteiger partial charge in [0.25, 0.3) is 0 Å². The van der Waals surface area contributed by atoms with Crippen LogP contribution in [0.1, 0.15) is 37.3 Å². The smallest absolute Gasteiger partial charge is 0.243 e. The number of rotatable bonds is 2. The van der Waals surface area contributed by atoms with E-state index in [-0.39, 0.29) is 11.9 Å². The second-order valence-corrected chi connectivity index (χ2v) is 5.74. The first-order valence-corrected chi connectivity index (χ1v) is 7.10. The minimum absolute atomic E-state index is 0.0329. The molecule has 3 nitrogen and oxygen atoms in total. The number of nitrogens with one attached hydrogen (secondary N) is 1. The second kappa shape index (κ2) is 5.74. The Hall–Kier alpha value is -1.35. The normalized spacial score (nSPS) is 23.2. The zero-order valence-corrected chi connectivity index (χ0v) is 12.4. The predicted molar refractivity (Wildman–Crippen MR) is 79.6 cm³/mol. The number of amides is 1. The molecule has 2 unspecified atom stereocenters. The Bertz CT molecular complexity index is 470. The van der Waals surface area contributed by atoms with Crippen molar-refractivity contribution >= 4 is 11.6 Å². The fourth-order valence-electron chi connectivity index (χ4n) is 2.87. The van der Waals surface area contributed by atoms with Gasteiger partial charge in [-0.1, -0.05) is 17.7 Å². The van der Waals surface area contributed by atoms with Gasteiger partial charge in [-0.2, -0.15) is 0 Å². The Kier molecular flexibility index (Phi) is 4.25. The van der Waals surface area contributed by atoms with E-state index in [1.165, 1.54) is 5.56 Å². The number of piperidine rings is 1. The number of nitrogens with zero attached hydrogens (tertiary/aromatic N) is 1. The van der Waals surface area contributed by atoms with Crippen LogP contribution < -0.4 is 10.2 Å². The molecule has 0 spiro atoms. The fourth-order valence-corrected chi connectivity index (χ4v) is 2.87. The Labute approximate surface area is 116 Å². The van der Waals surface area contributed by atoms with Gasteiger partial charge >= 0.3 is 0 Å². The standard InChI is InChI=1S/C16H24N2O/c1-11-8-9-15(12(2)10-11)18(4)16(19)14-7-5-6-13(3)17-14/h8-10,13-14,17H,5-7H2,1-4H3. The summed E-state index contributed by atoms with van der Waals surface area (Å²) in [5, 5.41) is 3.41. The number of carbonyl (C=O) groups excluding carboxylic acids is 1. The van der Waals surface area contributed by atoms with Crippen LogP contribution in [0.2, 0.25) is 0 Å². The second-order valence-electron chi connectivity index (χ2n) is 5.74. The summed E-state index contributed by atoms with van der Waals surface area (Å²) in [6.07, 6.45) is 3.24. The quantitative estimate of drug-likeness (QED) is 0.887. The Morgan fingerprint density at radius 3 is 2.68 bits per heavy atom. The van der Waals surface area contributed by atoms with Crippen LogP contribution in [-0.4, -0.2) is 25.0 Å². The highest BCUT2D eigenvalue weighted by Crippen LogP contribution is 2.22. The van der Waals surface area contributed by atoms with Crippen molar-refractivity contribution in [3.8, 4) is 0 Å². The number of likely N-dealkylation sites (N-methyl/N-ethyl adjacent to an activating group) is 1. The van der Waals surface area contributed by atoms with Crippen LogP contribution >= 0.6 is 0 Å². The zero-order valence-electron chi connectivity index (χ0n) is 12.4. The van der Waals surface area contributed by atoms with Crippen molar-refractivity contribution in [3.05, 3.63) is 29.3 Å². The van der Waals surface area contributed by atoms with E-state index in [9.17, 15) is 4.79 Å². The monoisotopic (exact) mass is 260 g/mol. The first-order chi connectivity index (χ1) is 8.99. The van der Waals surface area contributed by atoms with Gasteiger partial charge in [-0.05, 0) is 51.7 Å². The maximum Gasteiger partial charge on any atom is 0.243 e. The van der Waals surface area contributed by atoms with Gasteiger partial charge < -0.3 is 10.2 Å². The molecule has 1 fully saturated rings. The summed E-state index contributed by atoms with van der Waals surface area (Å²) >= 11 is 0. The lowest BCUT2D eigenvalue weighted by Gasteiger charge is -2.31. The average Bonchev–Trinajstić information content (AvgIpc) is 2.37. The molecular weight excluding hydrogens is 236 g/mol. The van der Waals surface area contributed by atoms with Crippen molar-refractivity contribution < 1.29 is 4.79 Å². The summed E-state index contributed by atoms with van der Waals surface area (Å²) in [7, 11) is 1.88. The third-order valence-corrected chi connectivity index (χ3v) is 3.96. The lowest BCUT2D eigenvalue weighted by atomic mass is 9.98. The molecule has 1 N–H and O–H groups in total. The van der Waals surface area contributed by atoms with Crippen LogP contribution in [0, 0.1) is 13.8 Å². The molecule has 3 heteroatoms. The van der Waals surface area contributed by atoms with E-state index in [0.29, 0.717) is 6.04 Å². The summed E-state index contributed by atoms with van der Waals surface area (Å²) in [4.78, 5) is 14.3. The van der Waals surface area contributed by atoms with Crippen molar-refractivity contribution in [2.75, 3.05) is 11.9 Å². The average molecular weight is 260 g/mol. The van der Waals surface area contributed by atoms with Gasteiger partial charge in [-0.25, -0.2) is 0 Å². The molecule has 2 atom stereocenters. The van der Waals surface area contributed by atoms with Gasteiger partial charge in [-0.15, -0.1) is 0 Å². The number of hydrogen-bond donors (Lipinski definition) is 1. The van der Waals surface area contributed by atoms with Crippen LogP contribution in [0.3, 0.4) is 0 Å². The summed E-state index contributed by atoms with van der Waals surface area (Å²) in [5.41, 5.74) is 3.39. The van der Waals surface area contributed by atoms with Gasteiger partial charge in [0.05, 0.1) is 6.04 Å². The molecule has 1 saturated heterocycles. The fraction of sp³-hybridized carbons (Fsp3) is 0.562. The minimum Gasteiger partial charge on any atom is -0.314 e. The molecule has 0 aliphatic carbocycles. The number of anilines is 1. The summed E-state index contributed by atoms with van der Waals surface area (Å²) < 4.78 is 0. The van der Waals surface area contributed by atoms with E-state index in [1.54, 1.807) is 4.90 Å². The van der Waals surface area contributed by atoms with Gasteiger partial charge in [0.1, 0.15) is 0 Å². The van der Waals surface area contributed by atoms with E-state index < -0.39 is 0 Å². The van der Waals surface area contributed by atoms with Crippen molar-refractivity contribution in [3.63, 3.8) is 0 Å². The largest absolute Gasteiger partial charge is 0.314 e. The molecule has 104 valence electrons. The number of hydrogen-bond acceptors (Lipinski definition) is 2. The highest BCUT2D eigenvalue weighted by atomic mass is 16.2. The molecule has 1 aromatic rings. The van der Waals surface area contributed by atoms with Crippen LogP contribution in [-0.2, 0) is 4.79 Å². The molecule has 1 aromatic carbocycles. The summed E-state index contributed by atoms with van der Waals surface area (Å²) in [5.74, 6) is 0.179. The third kappa shape index (κ3) is 3.16. The molecule has 1 heterocycles. The van der Waals surface area contributed by atoms with Crippen LogP contribution in [0.25, 0.3) is 0 Å². The van der Waals surface area contributed by atoms with Crippen molar-refractivity contribution in [2.45, 2.75) is 52.1 Å². The number of benzene rings is 1. The molecule has 2 rings (SSSR count). The van der Waals surface area contributed by atoms with E-state index in [4.69, 9.17) is 0 Å². The maximum atomic E-state index is 12.5. The molecule has 0 radical (unpaired) electrons. The first-order valence-electron chi connectivity index (χ1n) is 7.10. The van der Waals surface area contributed by atoms with Gasteiger partial charge in [0.2, 0.25) is 5.91 Å². The molecule has 1 aliphatic rings. The minimum atomic E-state index is -0.0329. The molecule has 1 aliphatic heterocycles. The zero-order chi connectivity index (χ0) is 14.0. The van der Waals surface area contributed by atoms with Crippen LogP contribution in [0.5, 0.6) is 0 Å². The Morgan fingerprint density at radius 1 is 1.32 bits per heavy atom. The van der Waals surface area contributed by atoms with Crippen molar-refractivity contribution in [1.82, 2.24) is 5.32 Å². The molecule has 0 bridgehead atoms. The lowest BCUT2D eigenvalue weighted by Crippen LogP contribution is -2.50. The van der Waals surface area contributed by atoms with Gasteiger partial charge in [0, 0.05) is 18.8 Å². The van der Waals surface area contributed by atoms with Crippen molar-refractivity contribution in [2.24, 2.45) is 0 Å². The first kappa shape index (κ1) is 14.1. The SMILES string of the molecule is Cc1ccc(N(C)C(=O)C2CCCC(C)N2)c(C)c1. The third-order valence-electron chi connectivity index (χ3n) is 3.96. The molecule has 0 aromatic heterocycles. The van der Waals surface area contributed by atoms with Crippen LogP contribution in [0.15, 0.2) is 18.2 Å². The lowest BCUT2D eigenvalue weighted by molar-refractivity contribution is -0.121. The van der Waals surface area contributed by atoms with Crippen LogP contribution in [0.4, 0.5) is 5.69 Å². The van der Waals surface area contributed by atoms with E-state index in [1.807, 2.05) is 13.1 Å². The number of carbonyl (C=O) groups is 1. The Morgan fingerprint density at radius 2 is 2.05 bits per heavy atom. The summed E-state index contributed by atoms with van der Waals surface area (Å²) in [6, 6.07) is 6.62. The van der Waals surface area contributed by atoms with E-state index in [2.05, 4.69) is 38.2 Å². The van der Waals surface area contributed by atoms with Crippen molar-refractivity contribution in [1.29, 1.82) is 0 Å². The van der Waals surface area contributed by atoms with Gasteiger partial charge in [0.15, 0.2) is 0 Å². The summed E-state index contributed by atoms with van der Waals surface area (Å²) in [6.45, 7) is 6.28. The highest BCUT2D eigenvalue weighted by Gasteiger charge is 2.27. The van der Waals surface area contributed by atoms with E-state index >= 15 is 0 Å². The maximum absolute atomic E-state index is 12.5. The topological polar surface area (TPSA) is 32.3 Å². The van der Waals surface area contributed by atoms with E-state index in [0.717, 1.165) is 30.5 Å². The molecule has 19 heavy (non-hydrogen) atoms. The highest BCUT2D eigenvalue weighted by molar-refractivity contribution is 5.97. The Balaban J connectivity index is 2.14. The number of aryl methyl sites for hydroxylation is 2. The molecule has 1 amide bonds. The molecule has 0 saturated carbocycles. The van der Waals surface area contributed by atoms with Gasteiger partial charge in [-0.3, -0.25) is 4.79 Å². The predicted octanol–water partition coefficient (Wildman–Crippen LogP) is 2.80. The molecular formula is C16H24N2O.